The van der Waals surface area contributed by atoms with E-state index in [0.29, 0.717) is 5.92 Å². The molecule has 3 fully saturated rings. The van der Waals surface area contributed by atoms with Crippen molar-refractivity contribution in [1.29, 1.82) is 0 Å². The van der Waals surface area contributed by atoms with Crippen LogP contribution in [0, 0.1) is 25.2 Å². The monoisotopic (exact) mass is 418 g/mol. The summed E-state index contributed by atoms with van der Waals surface area (Å²) in [6.45, 7) is 12.0. The molecule has 3 saturated heterocycles. The number of piperidine rings is 3. The molecular formula is C27H34N2O2. The predicted octanol–water partition coefficient (Wildman–Crippen LogP) is 5.41. The fourth-order valence-corrected chi connectivity index (χ4v) is 5.98. The van der Waals surface area contributed by atoms with Crippen LogP contribution in [0.25, 0.3) is 11.1 Å². The Hall–Kier alpha value is -2.33. The van der Waals surface area contributed by atoms with Crippen molar-refractivity contribution in [2.45, 2.75) is 59.1 Å². The van der Waals surface area contributed by atoms with Crippen LogP contribution in [0.15, 0.2) is 36.4 Å². The van der Waals surface area contributed by atoms with Crippen molar-refractivity contribution >= 4 is 6.09 Å². The summed E-state index contributed by atoms with van der Waals surface area (Å²) in [5, 5.41) is 3.23. The maximum atomic E-state index is 12.9. The molecule has 1 N–H and O–H groups in total. The van der Waals surface area contributed by atoms with Crippen LogP contribution in [-0.2, 0) is 11.2 Å². The first-order valence-corrected chi connectivity index (χ1v) is 11.7. The van der Waals surface area contributed by atoms with E-state index in [9.17, 15) is 4.79 Å². The second-order valence-electron chi connectivity index (χ2n) is 10.6. The molecule has 3 aliphatic heterocycles. The van der Waals surface area contributed by atoms with Crippen molar-refractivity contribution in [3.63, 3.8) is 0 Å². The largest absolute Gasteiger partial charge is 0.445 e. The van der Waals surface area contributed by atoms with Gasteiger partial charge in [-0.1, -0.05) is 61.4 Å². The Morgan fingerprint density at radius 1 is 1.03 bits per heavy atom. The Balaban J connectivity index is 1.34. The topological polar surface area (TPSA) is 41.6 Å². The number of hydrogen-bond acceptors (Lipinski definition) is 3. The highest BCUT2D eigenvalue weighted by molar-refractivity contribution is 5.70. The normalized spacial score (nSPS) is 28.3. The number of aryl methyl sites for hydroxylation is 2. The van der Waals surface area contributed by atoms with Gasteiger partial charge in [0, 0.05) is 6.54 Å². The Kier molecular flexibility index (Phi) is 5.09. The summed E-state index contributed by atoms with van der Waals surface area (Å²) in [4.78, 5) is 15.3. The van der Waals surface area contributed by atoms with Gasteiger partial charge in [-0.3, -0.25) is 4.90 Å². The molecule has 3 heterocycles. The molecule has 6 rings (SSSR count). The summed E-state index contributed by atoms with van der Waals surface area (Å²) in [6.07, 6.45) is 3.03. The second-order valence-corrected chi connectivity index (χ2v) is 10.6. The van der Waals surface area contributed by atoms with Crippen molar-refractivity contribution in [1.82, 2.24) is 10.2 Å². The van der Waals surface area contributed by atoms with E-state index in [1.807, 2.05) is 0 Å². The lowest BCUT2D eigenvalue weighted by Gasteiger charge is -2.44. The number of carbonyl (C=O) groups excluding carboxylic acids is 1. The summed E-state index contributed by atoms with van der Waals surface area (Å²) in [7, 11) is 0. The number of ether oxygens (including phenoxy) is 1. The molecular weight excluding hydrogens is 384 g/mol. The van der Waals surface area contributed by atoms with Crippen LogP contribution in [0.3, 0.4) is 0 Å². The third-order valence-corrected chi connectivity index (χ3v) is 7.55. The molecule has 164 valence electrons. The van der Waals surface area contributed by atoms with E-state index in [1.54, 1.807) is 0 Å². The van der Waals surface area contributed by atoms with Crippen LogP contribution in [0.2, 0.25) is 0 Å². The standard InChI is InChI=1S/C27H34N2O2/c1-17-11-18(2)13-21(12-17)20-5-6-23-22(14-20)15-27(3,4)25(23)28-26(30)31-24-16-29-9-7-19(24)8-10-29/h5-6,11-14,19,24-25H,7-10,15-16H2,1-4H3,(H,28,30)/t24-,25?/m0/s1. The van der Waals surface area contributed by atoms with Gasteiger partial charge in [0.05, 0.1) is 6.04 Å². The first-order valence-electron chi connectivity index (χ1n) is 11.7. The van der Waals surface area contributed by atoms with Gasteiger partial charge in [0.2, 0.25) is 0 Å². The summed E-state index contributed by atoms with van der Waals surface area (Å²) in [5.41, 5.74) is 7.58. The third kappa shape index (κ3) is 3.98. The molecule has 4 heteroatoms. The van der Waals surface area contributed by atoms with Gasteiger partial charge in [-0.2, -0.15) is 0 Å². The molecule has 2 bridgehead atoms. The van der Waals surface area contributed by atoms with Crippen LogP contribution < -0.4 is 5.32 Å². The van der Waals surface area contributed by atoms with Crippen molar-refractivity contribution in [2.75, 3.05) is 19.6 Å². The van der Waals surface area contributed by atoms with Crippen LogP contribution in [0.4, 0.5) is 4.79 Å². The zero-order valence-electron chi connectivity index (χ0n) is 19.2. The third-order valence-electron chi connectivity index (χ3n) is 7.55. The predicted molar refractivity (Wildman–Crippen MR) is 124 cm³/mol. The molecule has 1 unspecified atom stereocenters. The van der Waals surface area contributed by atoms with E-state index in [2.05, 4.69) is 74.3 Å². The summed E-state index contributed by atoms with van der Waals surface area (Å²) < 4.78 is 5.92. The Morgan fingerprint density at radius 3 is 2.39 bits per heavy atom. The maximum absolute atomic E-state index is 12.9. The number of amides is 1. The highest BCUT2D eigenvalue weighted by atomic mass is 16.6. The first kappa shape index (κ1) is 20.6. The number of hydrogen-bond donors (Lipinski definition) is 1. The second kappa shape index (κ2) is 7.67. The Labute approximate surface area is 186 Å². The van der Waals surface area contributed by atoms with E-state index < -0.39 is 0 Å². The number of nitrogens with zero attached hydrogens (tertiary/aromatic N) is 1. The first-order chi connectivity index (χ1) is 14.8. The zero-order chi connectivity index (χ0) is 21.8. The summed E-state index contributed by atoms with van der Waals surface area (Å²) >= 11 is 0. The van der Waals surface area contributed by atoms with Gasteiger partial charge in [0.1, 0.15) is 6.10 Å². The van der Waals surface area contributed by atoms with Crippen LogP contribution in [0.1, 0.15) is 55.0 Å². The number of fused-ring (bicyclic) bond motifs is 4. The van der Waals surface area contributed by atoms with Gasteiger partial charge >= 0.3 is 6.09 Å². The lowest BCUT2D eigenvalue weighted by molar-refractivity contribution is -0.0348. The molecule has 4 aliphatic rings. The van der Waals surface area contributed by atoms with Gasteiger partial charge in [0.25, 0.3) is 0 Å². The van der Waals surface area contributed by atoms with Crippen molar-refractivity contribution in [3.8, 4) is 11.1 Å². The van der Waals surface area contributed by atoms with E-state index >= 15 is 0 Å². The molecule has 1 aliphatic carbocycles. The SMILES string of the molecule is Cc1cc(C)cc(-c2ccc3c(c2)CC(C)(C)C3NC(=O)O[C@H]2CN3CCC2CC3)c1. The van der Waals surface area contributed by atoms with Gasteiger partial charge < -0.3 is 10.1 Å². The van der Waals surface area contributed by atoms with Gasteiger partial charge in [-0.15, -0.1) is 0 Å². The molecule has 2 atom stereocenters. The average Bonchev–Trinajstić information content (AvgIpc) is 2.97. The number of rotatable bonds is 3. The van der Waals surface area contributed by atoms with Crippen LogP contribution >= 0.6 is 0 Å². The lowest BCUT2D eigenvalue weighted by atomic mass is 9.85. The van der Waals surface area contributed by atoms with Crippen molar-refractivity contribution in [2.24, 2.45) is 11.3 Å². The van der Waals surface area contributed by atoms with Gasteiger partial charge in [-0.05, 0) is 79.8 Å². The molecule has 0 spiro atoms. The molecule has 0 radical (unpaired) electrons. The van der Waals surface area contributed by atoms with E-state index in [4.69, 9.17) is 4.74 Å². The van der Waals surface area contributed by atoms with Crippen molar-refractivity contribution < 1.29 is 9.53 Å². The number of benzene rings is 2. The highest BCUT2D eigenvalue weighted by Crippen LogP contribution is 2.46. The number of alkyl carbamates (subject to hydrolysis) is 1. The van der Waals surface area contributed by atoms with Crippen LogP contribution in [0.5, 0.6) is 0 Å². The summed E-state index contributed by atoms with van der Waals surface area (Å²) in [5.74, 6) is 0.528. The van der Waals surface area contributed by atoms with Crippen LogP contribution in [-0.4, -0.2) is 36.7 Å². The van der Waals surface area contributed by atoms with Crippen molar-refractivity contribution in [3.05, 3.63) is 58.7 Å². The Morgan fingerprint density at radius 2 is 1.74 bits per heavy atom. The lowest BCUT2D eigenvalue weighted by Crippen LogP contribution is -2.53. The van der Waals surface area contributed by atoms with E-state index in [-0.39, 0.29) is 23.7 Å². The smallest absolute Gasteiger partial charge is 0.407 e. The fourth-order valence-electron chi connectivity index (χ4n) is 5.98. The minimum absolute atomic E-state index is 0.0237. The van der Waals surface area contributed by atoms with E-state index in [1.165, 1.54) is 33.4 Å². The highest BCUT2D eigenvalue weighted by Gasteiger charge is 2.42. The average molecular weight is 419 g/mol. The minimum atomic E-state index is -0.261. The molecule has 2 aromatic carbocycles. The zero-order valence-corrected chi connectivity index (χ0v) is 19.2. The molecule has 31 heavy (non-hydrogen) atoms. The summed E-state index contributed by atoms with van der Waals surface area (Å²) in [6, 6.07) is 13.4. The fraction of sp³-hybridized carbons (Fsp3) is 0.519. The number of carbonyl (C=O) groups is 1. The molecule has 0 saturated carbocycles. The van der Waals surface area contributed by atoms with E-state index in [0.717, 1.165) is 38.9 Å². The molecule has 1 amide bonds. The minimum Gasteiger partial charge on any atom is -0.445 e. The maximum Gasteiger partial charge on any atom is 0.407 e. The van der Waals surface area contributed by atoms with Gasteiger partial charge in [-0.25, -0.2) is 4.79 Å². The Bertz CT molecular complexity index is 984. The molecule has 4 nitrogen and oxygen atoms in total. The van der Waals surface area contributed by atoms with Gasteiger partial charge in [0.15, 0.2) is 0 Å². The number of nitrogens with one attached hydrogen (secondary N) is 1. The quantitative estimate of drug-likeness (QED) is 0.724. The molecule has 0 aromatic heterocycles. The molecule has 2 aromatic rings.